The van der Waals surface area contributed by atoms with E-state index in [1.165, 1.54) is 0 Å². The van der Waals surface area contributed by atoms with E-state index in [2.05, 4.69) is 5.32 Å². The van der Waals surface area contributed by atoms with E-state index < -0.39 is 42.8 Å². The smallest absolute Gasteiger partial charge is 0.408 e. The van der Waals surface area contributed by atoms with Crippen molar-refractivity contribution >= 4 is 6.09 Å². The highest BCUT2D eigenvalue weighted by Crippen LogP contribution is 2.30. The fourth-order valence-electron chi connectivity index (χ4n) is 1.57. The van der Waals surface area contributed by atoms with Crippen molar-refractivity contribution in [2.45, 2.75) is 50.9 Å². The van der Waals surface area contributed by atoms with E-state index in [1.807, 2.05) is 0 Å². The normalized spacial score (nSPS) is 27.7. The maximum atomic E-state index is 13.6. The molecule has 106 valence electrons. The predicted octanol–water partition coefficient (Wildman–Crippen LogP) is 1.30. The fraction of sp³-hybridized carbons (Fsp3) is 0.909. The number of alkyl carbamates (subject to hydrolysis) is 1. The van der Waals surface area contributed by atoms with Crippen molar-refractivity contribution in [3.8, 4) is 0 Å². The number of nitrogens with one attached hydrogen (secondary N) is 1. The number of carbonyl (C=O) groups is 1. The van der Waals surface area contributed by atoms with Crippen LogP contribution in [0, 0.1) is 0 Å². The highest BCUT2D eigenvalue weighted by Gasteiger charge is 2.47. The number of hydrogen-bond donors (Lipinski definition) is 2. The summed E-state index contributed by atoms with van der Waals surface area (Å²) in [6.45, 7) is 4.11. The van der Waals surface area contributed by atoms with Crippen molar-refractivity contribution in [1.29, 1.82) is 0 Å². The van der Waals surface area contributed by atoms with E-state index in [1.54, 1.807) is 20.8 Å². The number of aliphatic hydroxyl groups is 1. The largest absolute Gasteiger partial charge is 0.444 e. The molecule has 1 heterocycles. The van der Waals surface area contributed by atoms with E-state index in [4.69, 9.17) is 14.6 Å². The number of ether oxygens (including phenoxy) is 2. The summed E-state index contributed by atoms with van der Waals surface area (Å²) in [5.74, 6) is -3.12. The first-order chi connectivity index (χ1) is 8.14. The molecule has 0 aliphatic carbocycles. The maximum absolute atomic E-state index is 13.6. The third kappa shape index (κ3) is 4.38. The summed E-state index contributed by atoms with van der Waals surface area (Å²) < 4.78 is 37.2. The van der Waals surface area contributed by atoms with E-state index in [0.717, 1.165) is 0 Å². The van der Waals surface area contributed by atoms with E-state index in [-0.39, 0.29) is 6.61 Å². The van der Waals surface area contributed by atoms with Crippen LogP contribution in [-0.4, -0.2) is 48.1 Å². The Hall–Kier alpha value is -0.950. The molecular weight excluding hydrogens is 248 g/mol. The molecule has 18 heavy (non-hydrogen) atoms. The average molecular weight is 267 g/mol. The number of aliphatic hydroxyl groups excluding tert-OH is 1. The van der Waals surface area contributed by atoms with Gasteiger partial charge in [-0.05, 0) is 20.8 Å². The lowest BCUT2D eigenvalue weighted by atomic mass is 10.0. The van der Waals surface area contributed by atoms with Gasteiger partial charge < -0.3 is 19.9 Å². The molecule has 0 aromatic rings. The van der Waals surface area contributed by atoms with Crippen LogP contribution in [0.15, 0.2) is 0 Å². The molecule has 1 fully saturated rings. The van der Waals surface area contributed by atoms with Gasteiger partial charge in [0, 0.05) is 6.42 Å². The molecule has 0 unspecified atom stereocenters. The summed E-state index contributed by atoms with van der Waals surface area (Å²) in [4.78, 5) is 11.4. The van der Waals surface area contributed by atoms with E-state index in [0.29, 0.717) is 0 Å². The number of hydrogen-bond acceptors (Lipinski definition) is 4. The molecule has 0 bridgehead atoms. The fourth-order valence-corrected chi connectivity index (χ4v) is 1.57. The van der Waals surface area contributed by atoms with Gasteiger partial charge in [0.1, 0.15) is 11.6 Å². The molecule has 0 aromatic heterocycles. The Morgan fingerprint density at radius 3 is 2.61 bits per heavy atom. The van der Waals surface area contributed by atoms with Crippen molar-refractivity contribution in [3.63, 3.8) is 0 Å². The van der Waals surface area contributed by atoms with Gasteiger partial charge in [0.05, 0.1) is 19.3 Å². The molecule has 7 heteroatoms. The minimum absolute atomic E-state index is 0.350. The molecule has 2 N–H and O–H groups in total. The van der Waals surface area contributed by atoms with Gasteiger partial charge in [-0.1, -0.05) is 0 Å². The van der Waals surface area contributed by atoms with Crippen LogP contribution in [0.2, 0.25) is 0 Å². The highest BCUT2D eigenvalue weighted by molar-refractivity contribution is 5.68. The molecule has 0 saturated carbocycles. The molecule has 0 spiro atoms. The first kappa shape index (κ1) is 15.1. The Morgan fingerprint density at radius 2 is 2.17 bits per heavy atom. The Bertz CT molecular complexity index is 304. The molecule has 1 amide bonds. The average Bonchev–Trinajstić information content (AvgIpc) is 2.17. The number of alkyl halides is 2. The Balaban J connectivity index is 2.54. The summed E-state index contributed by atoms with van der Waals surface area (Å²) >= 11 is 0. The van der Waals surface area contributed by atoms with Gasteiger partial charge in [-0.15, -0.1) is 0 Å². The van der Waals surface area contributed by atoms with Crippen LogP contribution in [0.1, 0.15) is 27.2 Å². The van der Waals surface area contributed by atoms with Gasteiger partial charge in [0.25, 0.3) is 5.92 Å². The lowest BCUT2D eigenvalue weighted by Gasteiger charge is -2.36. The topological polar surface area (TPSA) is 67.8 Å². The Labute approximate surface area is 104 Å². The molecule has 1 saturated heterocycles. The second-order valence-corrected chi connectivity index (χ2v) is 5.30. The zero-order chi connectivity index (χ0) is 14.0. The molecule has 2 atom stereocenters. The Kier molecular flexibility index (Phi) is 4.50. The molecule has 0 radical (unpaired) electrons. The first-order valence-electron chi connectivity index (χ1n) is 5.74. The van der Waals surface area contributed by atoms with E-state index >= 15 is 0 Å². The Morgan fingerprint density at radius 1 is 1.56 bits per heavy atom. The van der Waals surface area contributed by atoms with Gasteiger partial charge >= 0.3 is 6.09 Å². The highest BCUT2D eigenvalue weighted by atomic mass is 19.3. The molecule has 1 aliphatic rings. The maximum Gasteiger partial charge on any atom is 0.408 e. The van der Waals surface area contributed by atoms with Crippen molar-refractivity contribution in [2.75, 3.05) is 13.2 Å². The van der Waals surface area contributed by atoms with Gasteiger partial charge in [0.15, 0.2) is 0 Å². The van der Waals surface area contributed by atoms with Gasteiger partial charge in [0.2, 0.25) is 0 Å². The number of halogens is 2. The molecule has 5 nitrogen and oxygen atoms in total. The zero-order valence-corrected chi connectivity index (χ0v) is 10.7. The SMILES string of the molecule is CC(C)(C)OC(=O)N[C@H]1CO[C@H](CO)CC1(F)F. The quantitative estimate of drug-likeness (QED) is 0.791. The zero-order valence-electron chi connectivity index (χ0n) is 10.7. The van der Waals surface area contributed by atoms with Crippen molar-refractivity contribution in [1.82, 2.24) is 5.32 Å². The van der Waals surface area contributed by atoms with Crippen molar-refractivity contribution in [3.05, 3.63) is 0 Å². The van der Waals surface area contributed by atoms with Gasteiger partial charge in [-0.3, -0.25) is 0 Å². The second-order valence-electron chi connectivity index (χ2n) is 5.30. The lowest BCUT2D eigenvalue weighted by Crippen LogP contribution is -2.56. The molecule has 1 aliphatic heterocycles. The lowest BCUT2D eigenvalue weighted by molar-refractivity contribution is -0.158. The monoisotopic (exact) mass is 267 g/mol. The van der Waals surface area contributed by atoms with Crippen LogP contribution in [-0.2, 0) is 9.47 Å². The minimum atomic E-state index is -3.12. The third-order valence-electron chi connectivity index (χ3n) is 2.40. The number of rotatable bonds is 2. The van der Waals surface area contributed by atoms with Crippen molar-refractivity contribution in [2.24, 2.45) is 0 Å². The minimum Gasteiger partial charge on any atom is -0.444 e. The summed E-state index contributed by atoms with van der Waals surface area (Å²) in [6, 6.07) is -1.44. The molecule has 1 rings (SSSR count). The van der Waals surface area contributed by atoms with Crippen LogP contribution < -0.4 is 5.32 Å². The summed E-state index contributed by atoms with van der Waals surface area (Å²) in [5.41, 5.74) is -0.747. The second kappa shape index (κ2) is 5.36. The number of amides is 1. The number of carbonyl (C=O) groups excluding carboxylic acids is 1. The molecular formula is C11H19F2NO4. The van der Waals surface area contributed by atoms with Crippen LogP contribution in [0.25, 0.3) is 0 Å². The third-order valence-corrected chi connectivity index (χ3v) is 2.40. The van der Waals surface area contributed by atoms with Gasteiger partial charge in [-0.2, -0.15) is 0 Å². The molecule has 0 aromatic carbocycles. The van der Waals surface area contributed by atoms with Crippen LogP contribution >= 0.6 is 0 Å². The van der Waals surface area contributed by atoms with Gasteiger partial charge in [-0.25, -0.2) is 13.6 Å². The summed E-state index contributed by atoms with van der Waals surface area (Å²) in [7, 11) is 0. The van der Waals surface area contributed by atoms with Crippen LogP contribution in [0.5, 0.6) is 0 Å². The predicted molar refractivity (Wildman–Crippen MR) is 59.5 cm³/mol. The van der Waals surface area contributed by atoms with E-state index in [9.17, 15) is 13.6 Å². The standard InChI is InChI=1S/C11H19F2NO4/c1-10(2,3)18-9(16)14-8-6-17-7(5-15)4-11(8,12)13/h7-8,15H,4-6H2,1-3H3,(H,14,16)/t7-,8-/m0/s1. The first-order valence-corrected chi connectivity index (χ1v) is 5.74. The summed E-state index contributed by atoms with van der Waals surface area (Å²) in [6.07, 6.45) is -2.42. The van der Waals surface area contributed by atoms with Crippen LogP contribution in [0.3, 0.4) is 0 Å². The summed E-state index contributed by atoms with van der Waals surface area (Å²) in [5, 5.41) is 10.9. The van der Waals surface area contributed by atoms with Crippen LogP contribution in [0.4, 0.5) is 13.6 Å². The van der Waals surface area contributed by atoms with Crippen molar-refractivity contribution < 1.29 is 28.2 Å².